The Labute approximate surface area is 103 Å². The summed E-state index contributed by atoms with van der Waals surface area (Å²) in [5, 5.41) is 8.62. The zero-order chi connectivity index (χ0) is 12.3. The van der Waals surface area contributed by atoms with Crippen molar-refractivity contribution < 1.29 is 14.1 Å². The van der Waals surface area contributed by atoms with Crippen molar-refractivity contribution in [3.8, 4) is 0 Å². The minimum atomic E-state index is -1.25. The highest BCUT2D eigenvalue weighted by Crippen LogP contribution is 2.31. The van der Waals surface area contributed by atoms with Crippen LogP contribution in [0.1, 0.15) is 29.9 Å². The summed E-state index contributed by atoms with van der Waals surface area (Å²) < 4.78 is 11.7. The quantitative estimate of drug-likeness (QED) is 0.891. The summed E-state index contributed by atoms with van der Waals surface area (Å²) in [5.74, 6) is -0.477. The molecule has 0 saturated carbocycles. The van der Waals surface area contributed by atoms with Gasteiger partial charge in [-0.1, -0.05) is 24.3 Å². The third-order valence-corrected chi connectivity index (χ3v) is 4.51. The van der Waals surface area contributed by atoms with Crippen LogP contribution in [-0.4, -0.2) is 26.8 Å². The van der Waals surface area contributed by atoms with Crippen LogP contribution >= 0.6 is 0 Å². The van der Waals surface area contributed by atoms with Crippen LogP contribution < -0.4 is 0 Å². The molecule has 0 amide bonds. The van der Waals surface area contributed by atoms with Crippen molar-refractivity contribution in [1.29, 1.82) is 0 Å². The van der Waals surface area contributed by atoms with Gasteiger partial charge in [0.15, 0.2) is 0 Å². The molecule has 1 aliphatic rings. The molecule has 17 heavy (non-hydrogen) atoms. The Morgan fingerprint density at radius 2 is 2.18 bits per heavy atom. The standard InChI is InChI=1S/C13H16O3S/c14-13(15)9-17(16)8-11-6-3-5-10-4-1-2-7-12(10)11/h1-2,4,7,11H,3,5-6,8-9H2,(H,14,15). The predicted octanol–water partition coefficient (Wildman–Crippen LogP) is 1.94. The molecule has 0 fully saturated rings. The van der Waals surface area contributed by atoms with E-state index < -0.39 is 16.8 Å². The van der Waals surface area contributed by atoms with Crippen LogP contribution in [0.15, 0.2) is 24.3 Å². The van der Waals surface area contributed by atoms with E-state index in [1.807, 2.05) is 12.1 Å². The highest BCUT2D eigenvalue weighted by molar-refractivity contribution is 7.85. The number of benzene rings is 1. The van der Waals surface area contributed by atoms with Crippen LogP contribution in [0.3, 0.4) is 0 Å². The number of hydrogen-bond acceptors (Lipinski definition) is 2. The summed E-state index contributed by atoms with van der Waals surface area (Å²) in [4.78, 5) is 10.5. The maximum atomic E-state index is 11.7. The Kier molecular flexibility index (Phi) is 3.94. The van der Waals surface area contributed by atoms with Gasteiger partial charge in [0.25, 0.3) is 0 Å². The van der Waals surface area contributed by atoms with Crippen LogP contribution in [0.2, 0.25) is 0 Å². The lowest BCUT2D eigenvalue weighted by molar-refractivity contribution is -0.133. The summed E-state index contributed by atoms with van der Waals surface area (Å²) in [6.07, 6.45) is 3.20. The number of rotatable bonds is 4. The van der Waals surface area contributed by atoms with Crippen molar-refractivity contribution in [3.63, 3.8) is 0 Å². The normalized spacial score (nSPS) is 20.6. The van der Waals surface area contributed by atoms with Crippen molar-refractivity contribution >= 4 is 16.8 Å². The number of aliphatic carboxylic acids is 1. The second kappa shape index (κ2) is 5.45. The Balaban J connectivity index is 2.08. The molecule has 1 N–H and O–H groups in total. The zero-order valence-corrected chi connectivity index (χ0v) is 10.4. The molecule has 92 valence electrons. The van der Waals surface area contributed by atoms with E-state index in [0.717, 1.165) is 19.3 Å². The molecule has 0 heterocycles. The summed E-state index contributed by atoms with van der Waals surface area (Å²) >= 11 is 0. The highest BCUT2D eigenvalue weighted by Gasteiger charge is 2.22. The monoisotopic (exact) mass is 252 g/mol. The van der Waals surface area contributed by atoms with Gasteiger partial charge in [-0.3, -0.25) is 9.00 Å². The second-order valence-electron chi connectivity index (χ2n) is 4.43. The van der Waals surface area contributed by atoms with Crippen molar-refractivity contribution in [2.45, 2.75) is 25.2 Å². The predicted molar refractivity (Wildman–Crippen MR) is 67.6 cm³/mol. The lowest BCUT2D eigenvalue weighted by atomic mass is 9.84. The maximum Gasteiger partial charge on any atom is 0.316 e. The molecular formula is C13H16O3S. The van der Waals surface area contributed by atoms with Crippen molar-refractivity contribution in [2.24, 2.45) is 0 Å². The molecule has 3 nitrogen and oxygen atoms in total. The van der Waals surface area contributed by atoms with E-state index in [9.17, 15) is 9.00 Å². The second-order valence-corrected chi connectivity index (χ2v) is 5.93. The van der Waals surface area contributed by atoms with Gasteiger partial charge in [-0.25, -0.2) is 0 Å². The van der Waals surface area contributed by atoms with Crippen LogP contribution in [0.4, 0.5) is 0 Å². The summed E-state index contributed by atoms with van der Waals surface area (Å²) in [5.41, 5.74) is 2.59. The topological polar surface area (TPSA) is 54.4 Å². The molecule has 2 unspecified atom stereocenters. The average Bonchev–Trinajstić information content (AvgIpc) is 2.28. The van der Waals surface area contributed by atoms with E-state index in [2.05, 4.69) is 12.1 Å². The average molecular weight is 252 g/mol. The molecule has 2 rings (SSSR count). The first-order valence-corrected chi connectivity index (χ1v) is 7.30. The lowest BCUT2D eigenvalue weighted by Gasteiger charge is -2.24. The van der Waals surface area contributed by atoms with Gasteiger partial charge in [0.05, 0.1) is 0 Å². The van der Waals surface area contributed by atoms with Crippen molar-refractivity contribution in [2.75, 3.05) is 11.5 Å². The third-order valence-electron chi connectivity index (χ3n) is 3.17. The molecule has 0 aromatic heterocycles. The van der Waals surface area contributed by atoms with Gasteiger partial charge < -0.3 is 5.11 Å². The SMILES string of the molecule is O=C(O)CS(=O)CC1CCCc2ccccc21. The van der Waals surface area contributed by atoms with Crippen molar-refractivity contribution in [1.82, 2.24) is 0 Å². The third kappa shape index (κ3) is 3.16. The molecule has 2 atom stereocenters. The number of aryl methyl sites for hydroxylation is 1. The van der Waals surface area contributed by atoms with Gasteiger partial charge in [0, 0.05) is 16.6 Å². The van der Waals surface area contributed by atoms with E-state index in [1.165, 1.54) is 11.1 Å². The van der Waals surface area contributed by atoms with Crippen LogP contribution in [0.25, 0.3) is 0 Å². The fourth-order valence-electron chi connectivity index (χ4n) is 2.45. The van der Waals surface area contributed by atoms with Gasteiger partial charge in [-0.15, -0.1) is 0 Å². The molecule has 4 heteroatoms. The molecule has 1 aliphatic carbocycles. The van der Waals surface area contributed by atoms with Gasteiger partial charge >= 0.3 is 5.97 Å². The van der Waals surface area contributed by atoms with E-state index >= 15 is 0 Å². The molecular weight excluding hydrogens is 236 g/mol. The Morgan fingerprint density at radius 3 is 2.94 bits per heavy atom. The molecule has 1 aromatic carbocycles. The van der Waals surface area contributed by atoms with Gasteiger partial charge in [0.1, 0.15) is 5.75 Å². The molecule has 0 saturated heterocycles. The van der Waals surface area contributed by atoms with Crippen molar-refractivity contribution in [3.05, 3.63) is 35.4 Å². The maximum absolute atomic E-state index is 11.7. The molecule has 0 bridgehead atoms. The minimum absolute atomic E-state index is 0.237. The van der Waals surface area contributed by atoms with E-state index in [1.54, 1.807) is 0 Å². The fraction of sp³-hybridized carbons (Fsp3) is 0.462. The number of carboxylic acids is 1. The van der Waals surface area contributed by atoms with Gasteiger partial charge in [0.2, 0.25) is 0 Å². The largest absolute Gasteiger partial charge is 0.481 e. The molecule has 0 spiro atoms. The number of hydrogen-bond donors (Lipinski definition) is 1. The first-order valence-electron chi connectivity index (χ1n) is 5.81. The summed E-state index contributed by atoms with van der Waals surface area (Å²) in [6.45, 7) is 0. The number of carboxylic acid groups (broad SMARTS) is 1. The fourth-order valence-corrected chi connectivity index (χ4v) is 3.64. The van der Waals surface area contributed by atoms with Crippen LogP contribution in [-0.2, 0) is 22.0 Å². The van der Waals surface area contributed by atoms with Gasteiger partial charge in [-0.2, -0.15) is 0 Å². The van der Waals surface area contributed by atoms with Crippen LogP contribution in [0, 0.1) is 0 Å². The summed E-state index contributed by atoms with van der Waals surface area (Å²) in [6, 6.07) is 8.21. The lowest BCUT2D eigenvalue weighted by Crippen LogP contribution is -2.20. The number of carbonyl (C=O) groups is 1. The Hall–Kier alpha value is -1.16. The van der Waals surface area contributed by atoms with E-state index in [0.29, 0.717) is 5.75 Å². The first kappa shape index (κ1) is 12.3. The highest BCUT2D eigenvalue weighted by atomic mass is 32.2. The molecule has 0 radical (unpaired) electrons. The molecule has 0 aliphatic heterocycles. The zero-order valence-electron chi connectivity index (χ0n) is 9.59. The minimum Gasteiger partial charge on any atom is -0.481 e. The van der Waals surface area contributed by atoms with E-state index in [-0.39, 0.29) is 11.7 Å². The first-order chi connectivity index (χ1) is 8.16. The molecule has 1 aromatic rings. The number of fused-ring (bicyclic) bond motifs is 1. The van der Waals surface area contributed by atoms with E-state index in [4.69, 9.17) is 5.11 Å². The summed E-state index contributed by atoms with van der Waals surface area (Å²) in [7, 11) is -1.25. The van der Waals surface area contributed by atoms with Crippen LogP contribution in [0.5, 0.6) is 0 Å². The Morgan fingerprint density at radius 1 is 1.41 bits per heavy atom. The smallest absolute Gasteiger partial charge is 0.316 e. The van der Waals surface area contributed by atoms with Gasteiger partial charge in [-0.05, 0) is 36.3 Å². The Bertz CT molecular complexity index is 442.